The molecule has 0 N–H and O–H groups in total. The number of ether oxygens (including phenoxy) is 1. The lowest BCUT2D eigenvalue weighted by molar-refractivity contribution is -0.117. The van der Waals surface area contributed by atoms with Crippen LogP contribution in [0.4, 0.5) is 5.69 Å². The Labute approximate surface area is 215 Å². The molecular formula is C25H25IN4O3S. The summed E-state index contributed by atoms with van der Waals surface area (Å²) < 4.78 is 12.8. The van der Waals surface area contributed by atoms with Gasteiger partial charge in [-0.25, -0.2) is 9.50 Å². The molecular weight excluding hydrogens is 563 g/mol. The predicted octanol–water partition coefficient (Wildman–Crippen LogP) is 5.61. The molecule has 7 nitrogen and oxygen atoms in total. The summed E-state index contributed by atoms with van der Waals surface area (Å²) in [4.78, 5) is 19.7. The molecule has 0 unspecified atom stereocenters. The first-order valence-electron chi connectivity index (χ1n) is 10.8. The molecule has 0 bridgehead atoms. The molecule has 0 radical (unpaired) electrons. The molecule has 4 aromatic rings. The molecule has 0 aliphatic carbocycles. The number of carbonyl (C=O) groups excluding carboxylic acids is 1. The van der Waals surface area contributed by atoms with Gasteiger partial charge in [-0.05, 0) is 56.3 Å². The molecule has 0 aliphatic heterocycles. The number of para-hydroxylation sites is 1. The predicted molar refractivity (Wildman–Crippen MR) is 145 cm³/mol. The van der Waals surface area contributed by atoms with Gasteiger partial charge in [-0.1, -0.05) is 18.2 Å². The van der Waals surface area contributed by atoms with Crippen LogP contribution in [-0.2, 0) is 15.4 Å². The number of hydrogen-bond donors (Lipinski definition) is 0. The van der Waals surface area contributed by atoms with Crippen LogP contribution in [0.5, 0.6) is 5.75 Å². The van der Waals surface area contributed by atoms with Crippen molar-refractivity contribution in [2.24, 2.45) is 0 Å². The summed E-state index contributed by atoms with van der Waals surface area (Å²) >= 11 is 2.08. The van der Waals surface area contributed by atoms with Crippen LogP contribution in [-0.4, -0.2) is 40.8 Å². The lowest BCUT2D eigenvalue weighted by Gasteiger charge is -2.17. The summed E-state index contributed by atoms with van der Waals surface area (Å²) in [5.41, 5.74) is 5.85. The number of hydrogen-bond acceptors (Lipinski definition) is 6. The number of rotatable bonds is 9. The van der Waals surface area contributed by atoms with E-state index in [2.05, 4.69) is 21.2 Å². The van der Waals surface area contributed by atoms with E-state index in [0.717, 1.165) is 39.6 Å². The van der Waals surface area contributed by atoms with Crippen molar-refractivity contribution in [2.75, 3.05) is 25.2 Å². The molecule has 2 aromatic carbocycles. The van der Waals surface area contributed by atoms with Crippen molar-refractivity contribution in [1.29, 1.82) is 0 Å². The van der Waals surface area contributed by atoms with Crippen molar-refractivity contribution in [1.82, 2.24) is 14.6 Å². The molecule has 1 amide bonds. The number of benzene rings is 2. The van der Waals surface area contributed by atoms with Crippen molar-refractivity contribution in [2.45, 2.75) is 20.3 Å². The van der Waals surface area contributed by atoms with Gasteiger partial charge in [-0.15, -0.1) is 0 Å². The van der Waals surface area contributed by atoms with Crippen molar-refractivity contribution in [3.8, 4) is 17.0 Å². The third-order valence-electron chi connectivity index (χ3n) is 5.44. The number of likely N-dealkylation sites (N-methyl/N-ethyl adjacent to an activating group) is 1. The lowest BCUT2D eigenvalue weighted by Crippen LogP contribution is -2.28. The van der Waals surface area contributed by atoms with E-state index in [0.29, 0.717) is 18.9 Å². The fourth-order valence-electron chi connectivity index (χ4n) is 3.76. The third-order valence-corrected chi connectivity index (χ3v) is 6.46. The molecule has 0 spiro atoms. The standard InChI is InChI=1S/C25H25IN4O3S/c1-17-15-18(2)30-25(27-17)22(16-23(31)29(3)20-7-5-4-6-8-20)24(28-30)19-9-11-21(12-10-19)32-13-14-33-34-26/h4-12,15H,13-14,16H2,1-3H3. The summed E-state index contributed by atoms with van der Waals surface area (Å²) in [6.07, 6.45) is 0.184. The topological polar surface area (TPSA) is 69.0 Å². The molecule has 2 heterocycles. The van der Waals surface area contributed by atoms with Crippen LogP contribution in [0.25, 0.3) is 16.9 Å². The average Bonchev–Trinajstić information content (AvgIpc) is 3.20. The van der Waals surface area contributed by atoms with Gasteiger partial charge in [0.05, 0.1) is 27.9 Å². The highest BCUT2D eigenvalue weighted by Crippen LogP contribution is 2.29. The van der Waals surface area contributed by atoms with E-state index in [4.69, 9.17) is 19.0 Å². The lowest BCUT2D eigenvalue weighted by atomic mass is 10.0. The highest BCUT2D eigenvalue weighted by Gasteiger charge is 2.22. The Hall–Kier alpha value is -2.63. The van der Waals surface area contributed by atoms with Crippen LogP contribution in [0, 0.1) is 13.8 Å². The normalized spacial score (nSPS) is 11.1. The monoisotopic (exact) mass is 588 g/mol. The second-order valence-corrected chi connectivity index (χ2v) is 9.26. The second-order valence-electron chi connectivity index (χ2n) is 7.82. The minimum Gasteiger partial charge on any atom is -0.491 e. The maximum Gasteiger partial charge on any atom is 0.231 e. The summed E-state index contributed by atoms with van der Waals surface area (Å²) in [7, 11) is 3.08. The minimum absolute atomic E-state index is 0.0311. The van der Waals surface area contributed by atoms with Crippen LogP contribution in [0.3, 0.4) is 0 Å². The fourth-order valence-corrected chi connectivity index (χ4v) is 4.43. The van der Waals surface area contributed by atoms with Gasteiger partial charge in [0.1, 0.15) is 12.4 Å². The van der Waals surface area contributed by atoms with E-state index in [-0.39, 0.29) is 12.3 Å². The zero-order chi connectivity index (χ0) is 24.1. The largest absolute Gasteiger partial charge is 0.491 e. The summed E-state index contributed by atoms with van der Waals surface area (Å²) in [5.74, 6) is 0.720. The van der Waals surface area contributed by atoms with Crippen molar-refractivity contribution in [3.05, 3.63) is 77.6 Å². The van der Waals surface area contributed by atoms with Gasteiger partial charge >= 0.3 is 0 Å². The van der Waals surface area contributed by atoms with Crippen molar-refractivity contribution in [3.63, 3.8) is 0 Å². The summed E-state index contributed by atoms with van der Waals surface area (Å²) in [5, 5.41) is 4.84. The summed E-state index contributed by atoms with van der Waals surface area (Å²) in [6.45, 7) is 4.92. The first-order chi connectivity index (χ1) is 16.5. The average molecular weight is 588 g/mol. The molecule has 4 rings (SSSR count). The molecule has 0 aliphatic rings. The third kappa shape index (κ3) is 5.53. The Morgan fingerprint density at radius 2 is 1.82 bits per heavy atom. The molecule has 0 saturated heterocycles. The minimum atomic E-state index is -0.0311. The molecule has 0 fully saturated rings. The van der Waals surface area contributed by atoms with Gasteiger partial charge < -0.3 is 13.8 Å². The van der Waals surface area contributed by atoms with Crippen LogP contribution < -0.4 is 9.64 Å². The molecule has 0 atom stereocenters. The van der Waals surface area contributed by atoms with Gasteiger partial charge in [0, 0.05) is 56.5 Å². The van der Waals surface area contributed by atoms with E-state index in [1.54, 1.807) is 11.9 Å². The van der Waals surface area contributed by atoms with E-state index in [1.807, 2.05) is 79.0 Å². The highest BCUT2D eigenvalue weighted by molar-refractivity contribution is 14.2. The zero-order valence-electron chi connectivity index (χ0n) is 19.2. The van der Waals surface area contributed by atoms with E-state index < -0.39 is 0 Å². The number of amides is 1. The van der Waals surface area contributed by atoms with Crippen LogP contribution in [0.1, 0.15) is 17.0 Å². The van der Waals surface area contributed by atoms with Gasteiger partial charge in [0.25, 0.3) is 0 Å². The number of anilines is 1. The maximum absolute atomic E-state index is 13.3. The molecule has 34 heavy (non-hydrogen) atoms. The van der Waals surface area contributed by atoms with Gasteiger partial charge in [-0.3, -0.25) is 4.79 Å². The molecule has 176 valence electrons. The molecule has 0 saturated carbocycles. The van der Waals surface area contributed by atoms with Crippen LogP contribution in [0.15, 0.2) is 60.7 Å². The maximum atomic E-state index is 13.3. The van der Waals surface area contributed by atoms with Crippen molar-refractivity contribution >= 4 is 47.7 Å². The van der Waals surface area contributed by atoms with Crippen LogP contribution >= 0.6 is 30.4 Å². The second kappa shape index (κ2) is 11.2. The van der Waals surface area contributed by atoms with E-state index in [1.165, 1.54) is 9.21 Å². The highest BCUT2D eigenvalue weighted by atomic mass is 127. The number of halogens is 1. The number of fused-ring (bicyclic) bond motifs is 1. The van der Waals surface area contributed by atoms with Gasteiger partial charge in [0.2, 0.25) is 5.91 Å². The molecule has 9 heteroatoms. The SMILES string of the molecule is Cc1cc(C)n2nc(-c3ccc(OCCOSI)cc3)c(CC(=O)N(C)c3ccccc3)c2n1. The Morgan fingerprint density at radius 1 is 1.09 bits per heavy atom. The van der Waals surface area contributed by atoms with Crippen molar-refractivity contribution < 1.29 is 13.7 Å². The summed E-state index contributed by atoms with van der Waals surface area (Å²) in [6, 6.07) is 19.3. The fraction of sp³-hybridized carbons (Fsp3) is 0.240. The van der Waals surface area contributed by atoms with E-state index >= 15 is 0 Å². The number of aromatic nitrogens is 3. The molecule has 2 aromatic heterocycles. The first kappa shape index (κ1) is 24.5. The number of aryl methyl sites for hydroxylation is 2. The van der Waals surface area contributed by atoms with Gasteiger partial charge in [-0.2, -0.15) is 5.10 Å². The number of carbonyl (C=O) groups is 1. The Bertz CT molecular complexity index is 1280. The Morgan fingerprint density at radius 3 is 2.53 bits per heavy atom. The Balaban J connectivity index is 1.67. The Kier molecular flexibility index (Phi) is 8.07. The number of nitrogens with zero attached hydrogens (tertiary/aromatic N) is 4. The smallest absolute Gasteiger partial charge is 0.231 e. The van der Waals surface area contributed by atoms with E-state index in [9.17, 15) is 4.79 Å². The van der Waals surface area contributed by atoms with Gasteiger partial charge in [0.15, 0.2) is 5.65 Å². The zero-order valence-corrected chi connectivity index (χ0v) is 22.2. The van der Waals surface area contributed by atoms with Crippen LogP contribution in [0.2, 0.25) is 0 Å². The quantitative estimate of drug-likeness (QED) is 0.144. The first-order valence-corrected chi connectivity index (χ1v) is 14.1.